The van der Waals surface area contributed by atoms with Crippen LogP contribution in [0.25, 0.3) is 0 Å². The summed E-state index contributed by atoms with van der Waals surface area (Å²) in [6.07, 6.45) is 0.948. The Morgan fingerprint density at radius 3 is 2.65 bits per heavy atom. The normalized spacial score (nSPS) is 10.6. The van der Waals surface area contributed by atoms with Crippen molar-refractivity contribution in [3.63, 3.8) is 0 Å². The van der Waals surface area contributed by atoms with E-state index >= 15 is 0 Å². The number of hydrogen-bond acceptors (Lipinski definition) is 5. The van der Waals surface area contributed by atoms with Gasteiger partial charge in [0.15, 0.2) is 11.5 Å². The van der Waals surface area contributed by atoms with Crippen molar-refractivity contribution in [1.29, 1.82) is 0 Å². The smallest absolute Gasteiger partial charge is 0.160 e. The van der Waals surface area contributed by atoms with E-state index < -0.39 is 0 Å². The molecule has 0 aliphatic heterocycles. The summed E-state index contributed by atoms with van der Waals surface area (Å²) in [5, 5.41) is 6.61. The first-order chi connectivity index (χ1) is 9.72. The molecule has 2 rings (SSSR count). The molecule has 0 unspecified atom stereocenters. The van der Waals surface area contributed by atoms with Crippen LogP contribution in [-0.2, 0) is 13.0 Å². The number of aromatic nitrogens is 1. The van der Waals surface area contributed by atoms with Gasteiger partial charge in [-0.2, -0.15) is 0 Å². The Labute approximate surface area is 123 Å². The predicted molar refractivity (Wildman–Crippen MR) is 81.8 cm³/mol. The van der Waals surface area contributed by atoms with Crippen LogP contribution in [0.4, 0.5) is 0 Å². The number of thiazole rings is 1. The largest absolute Gasteiger partial charge is 0.493 e. The standard InChI is InChI=1S/C15H20N2O2S/c1-11-17-13(10-20-11)9-16-7-6-12-4-5-14(18-2)15(8-12)19-3/h4-5,8,10,16H,6-7,9H2,1-3H3. The summed E-state index contributed by atoms with van der Waals surface area (Å²) in [5.41, 5.74) is 2.34. The van der Waals surface area contributed by atoms with Gasteiger partial charge in [-0.1, -0.05) is 6.07 Å². The zero-order chi connectivity index (χ0) is 14.4. The SMILES string of the molecule is COc1ccc(CCNCc2csc(C)n2)cc1OC. The maximum Gasteiger partial charge on any atom is 0.160 e. The number of methoxy groups -OCH3 is 2. The summed E-state index contributed by atoms with van der Waals surface area (Å²) in [6.45, 7) is 3.75. The summed E-state index contributed by atoms with van der Waals surface area (Å²) < 4.78 is 10.5. The number of ether oxygens (including phenoxy) is 2. The number of nitrogens with one attached hydrogen (secondary N) is 1. The van der Waals surface area contributed by atoms with E-state index in [-0.39, 0.29) is 0 Å². The van der Waals surface area contributed by atoms with E-state index in [1.165, 1.54) is 5.56 Å². The molecule has 0 aliphatic rings. The molecular weight excluding hydrogens is 272 g/mol. The molecule has 0 amide bonds. The minimum absolute atomic E-state index is 0.766. The molecule has 2 aromatic rings. The molecule has 5 heteroatoms. The van der Waals surface area contributed by atoms with Crippen molar-refractivity contribution in [2.45, 2.75) is 19.9 Å². The highest BCUT2D eigenvalue weighted by molar-refractivity contribution is 7.09. The van der Waals surface area contributed by atoms with Crippen LogP contribution < -0.4 is 14.8 Å². The molecule has 1 aromatic carbocycles. The summed E-state index contributed by atoms with van der Waals surface area (Å²) in [4.78, 5) is 4.42. The first-order valence-electron chi connectivity index (χ1n) is 6.55. The molecule has 0 saturated carbocycles. The fraction of sp³-hybridized carbons (Fsp3) is 0.400. The summed E-state index contributed by atoms with van der Waals surface area (Å²) in [7, 11) is 3.30. The minimum atomic E-state index is 0.766. The second-order valence-electron chi connectivity index (χ2n) is 4.47. The molecule has 1 N–H and O–H groups in total. The molecular formula is C15H20N2O2S. The Morgan fingerprint density at radius 2 is 2.00 bits per heavy atom. The molecule has 1 heterocycles. The molecule has 1 aromatic heterocycles. The Bertz CT molecular complexity index is 555. The van der Waals surface area contributed by atoms with E-state index in [0.717, 1.165) is 41.7 Å². The van der Waals surface area contributed by atoms with Crippen molar-refractivity contribution in [2.75, 3.05) is 20.8 Å². The van der Waals surface area contributed by atoms with Gasteiger partial charge < -0.3 is 14.8 Å². The Balaban J connectivity index is 1.82. The molecule has 0 fully saturated rings. The number of benzene rings is 1. The Morgan fingerprint density at radius 1 is 1.20 bits per heavy atom. The van der Waals surface area contributed by atoms with Gasteiger partial charge in [0, 0.05) is 11.9 Å². The molecule has 0 spiro atoms. The lowest BCUT2D eigenvalue weighted by Crippen LogP contribution is -2.16. The Kier molecular flexibility index (Phi) is 5.38. The second kappa shape index (κ2) is 7.26. The topological polar surface area (TPSA) is 43.4 Å². The predicted octanol–water partition coefficient (Wildman–Crippen LogP) is 2.80. The zero-order valence-electron chi connectivity index (χ0n) is 12.1. The molecule has 0 aliphatic carbocycles. The fourth-order valence-electron chi connectivity index (χ4n) is 1.97. The minimum Gasteiger partial charge on any atom is -0.493 e. The number of nitrogens with zero attached hydrogens (tertiary/aromatic N) is 1. The second-order valence-corrected chi connectivity index (χ2v) is 5.54. The number of rotatable bonds is 7. The van der Waals surface area contributed by atoms with Crippen molar-refractivity contribution >= 4 is 11.3 Å². The highest BCUT2D eigenvalue weighted by Crippen LogP contribution is 2.27. The Hall–Kier alpha value is -1.59. The van der Waals surface area contributed by atoms with E-state index in [2.05, 4.69) is 21.7 Å². The average Bonchev–Trinajstić information content (AvgIpc) is 2.89. The van der Waals surface area contributed by atoms with Crippen molar-refractivity contribution in [3.05, 3.63) is 39.8 Å². The van der Waals surface area contributed by atoms with Gasteiger partial charge in [0.25, 0.3) is 0 Å². The lowest BCUT2D eigenvalue weighted by molar-refractivity contribution is 0.354. The van der Waals surface area contributed by atoms with Crippen LogP contribution >= 0.6 is 11.3 Å². The molecule has 0 radical (unpaired) electrons. The van der Waals surface area contributed by atoms with E-state index in [1.807, 2.05) is 19.1 Å². The molecule has 0 atom stereocenters. The quantitative estimate of drug-likeness (QED) is 0.797. The lowest BCUT2D eigenvalue weighted by atomic mass is 10.1. The first-order valence-corrected chi connectivity index (χ1v) is 7.43. The van der Waals surface area contributed by atoms with Gasteiger partial charge in [-0.05, 0) is 37.6 Å². The molecule has 20 heavy (non-hydrogen) atoms. The summed E-state index contributed by atoms with van der Waals surface area (Å²) >= 11 is 1.69. The maximum atomic E-state index is 5.30. The molecule has 0 saturated heterocycles. The van der Waals surface area contributed by atoms with Gasteiger partial charge in [-0.3, -0.25) is 0 Å². The van der Waals surface area contributed by atoms with Gasteiger partial charge in [0.1, 0.15) is 0 Å². The number of aryl methyl sites for hydroxylation is 1. The van der Waals surface area contributed by atoms with Gasteiger partial charge in [-0.25, -0.2) is 4.98 Å². The van der Waals surface area contributed by atoms with Crippen molar-refractivity contribution < 1.29 is 9.47 Å². The van der Waals surface area contributed by atoms with Gasteiger partial charge in [-0.15, -0.1) is 11.3 Å². The van der Waals surface area contributed by atoms with Crippen molar-refractivity contribution in [2.24, 2.45) is 0 Å². The zero-order valence-corrected chi connectivity index (χ0v) is 12.9. The summed E-state index contributed by atoms with van der Waals surface area (Å²) in [6, 6.07) is 6.03. The van der Waals surface area contributed by atoms with Crippen LogP contribution in [0.3, 0.4) is 0 Å². The van der Waals surface area contributed by atoms with E-state index in [1.54, 1.807) is 25.6 Å². The van der Waals surface area contributed by atoms with Gasteiger partial charge in [0.2, 0.25) is 0 Å². The van der Waals surface area contributed by atoms with Crippen LogP contribution in [0.5, 0.6) is 11.5 Å². The van der Waals surface area contributed by atoms with E-state index in [9.17, 15) is 0 Å². The highest BCUT2D eigenvalue weighted by Gasteiger charge is 2.04. The third-order valence-electron chi connectivity index (χ3n) is 3.01. The van der Waals surface area contributed by atoms with Crippen molar-refractivity contribution in [3.8, 4) is 11.5 Å². The van der Waals surface area contributed by atoms with Crippen LogP contribution in [0, 0.1) is 6.92 Å². The van der Waals surface area contributed by atoms with Gasteiger partial charge >= 0.3 is 0 Å². The van der Waals surface area contributed by atoms with Crippen LogP contribution in [-0.4, -0.2) is 25.7 Å². The molecule has 4 nitrogen and oxygen atoms in total. The highest BCUT2D eigenvalue weighted by atomic mass is 32.1. The van der Waals surface area contributed by atoms with Gasteiger partial charge in [0.05, 0.1) is 24.9 Å². The first kappa shape index (κ1) is 14.8. The van der Waals surface area contributed by atoms with E-state index in [4.69, 9.17) is 9.47 Å². The van der Waals surface area contributed by atoms with Crippen LogP contribution in [0.2, 0.25) is 0 Å². The molecule has 108 valence electrons. The third-order valence-corrected chi connectivity index (χ3v) is 3.83. The van der Waals surface area contributed by atoms with Crippen LogP contribution in [0.1, 0.15) is 16.3 Å². The lowest BCUT2D eigenvalue weighted by Gasteiger charge is -2.09. The summed E-state index contributed by atoms with van der Waals surface area (Å²) in [5.74, 6) is 1.54. The monoisotopic (exact) mass is 292 g/mol. The average molecular weight is 292 g/mol. The van der Waals surface area contributed by atoms with Crippen molar-refractivity contribution in [1.82, 2.24) is 10.3 Å². The fourth-order valence-corrected chi connectivity index (χ4v) is 2.59. The third kappa shape index (κ3) is 3.95. The molecule has 0 bridgehead atoms. The van der Waals surface area contributed by atoms with Crippen LogP contribution in [0.15, 0.2) is 23.6 Å². The maximum absolute atomic E-state index is 5.30. The number of hydrogen-bond donors (Lipinski definition) is 1. The van der Waals surface area contributed by atoms with E-state index in [0.29, 0.717) is 0 Å².